The molecule has 0 bridgehead atoms. The number of aromatic nitrogens is 2. The molecule has 1 aromatic carbocycles. The minimum absolute atomic E-state index is 0.403. The Morgan fingerprint density at radius 1 is 1.19 bits per heavy atom. The van der Waals surface area contributed by atoms with E-state index in [0.29, 0.717) is 17.2 Å². The van der Waals surface area contributed by atoms with Crippen molar-refractivity contribution in [2.75, 3.05) is 6.26 Å². The van der Waals surface area contributed by atoms with Gasteiger partial charge in [-0.1, -0.05) is 24.3 Å². The third-order valence-corrected chi connectivity index (χ3v) is 6.57. The summed E-state index contributed by atoms with van der Waals surface area (Å²) in [6.07, 6.45) is 10.3. The van der Waals surface area contributed by atoms with Crippen molar-refractivity contribution in [3.05, 3.63) is 42.4 Å². The molecule has 0 N–H and O–H groups in total. The molecular weight excluding hydrogens is 280 g/mol. The van der Waals surface area contributed by atoms with Crippen LogP contribution in [0.2, 0.25) is 0 Å². The van der Waals surface area contributed by atoms with Crippen LogP contribution >= 0.6 is 0 Å². The second kappa shape index (κ2) is 5.09. The Kier molecular flexibility index (Phi) is 3.21. The van der Waals surface area contributed by atoms with Gasteiger partial charge < -0.3 is 4.57 Å². The van der Waals surface area contributed by atoms with Gasteiger partial charge in [-0.05, 0) is 37.2 Å². The van der Waals surface area contributed by atoms with E-state index in [9.17, 15) is 4.21 Å². The molecule has 21 heavy (non-hydrogen) atoms. The molecule has 0 saturated heterocycles. The molecule has 1 aromatic heterocycles. The summed E-state index contributed by atoms with van der Waals surface area (Å²) in [7, 11) is -0.670. The molecule has 0 amide bonds. The van der Waals surface area contributed by atoms with Gasteiger partial charge in [-0.25, -0.2) is 4.98 Å². The van der Waals surface area contributed by atoms with Crippen molar-refractivity contribution in [2.24, 2.45) is 5.92 Å². The average molecular weight is 300 g/mol. The van der Waals surface area contributed by atoms with Crippen molar-refractivity contribution in [3.8, 4) is 11.3 Å². The first-order valence-electron chi connectivity index (χ1n) is 7.69. The summed E-state index contributed by atoms with van der Waals surface area (Å²) >= 11 is 0. The highest BCUT2D eigenvalue weighted by Gasteiger charge is 2.36. The van der Waals surface area contributed by atoms with Crippen LogP contribution in [-0.2, 0) is 10.8 Å². The SMILES string of the molecule is CS(=O)C1CCC(C2c3ccccc3-c3cncn32)CC1. The van der Waals surface area contributed by atoms with Crippen LogP contribution in [0, 0.1) is 5.92 Å². The Balaban J connectivity index is 1.66. The van der Waals surface area contributed by atoms with Gasteiger partial charge in [-0.15, -0.1) is 0 Å². The molecule has 2 aliphatic rings. The maximum atomic E-state index is 11.7. The van der Waals surface area contributed by atoms with E-state index in [1.807, 2.05) is 18.8 Å². The lowest BCUT2D eigenvalue weighted by molar-refractivity contribution is 0.289. The van der Waals surface area contributed by atoms with Crippen LogP contribution in [0.1, 0.15) is 37.3 Å². The quantitative estimate of drug-likeness (QED) is 0.852. The molecule has 4 heteroatoms. The molecule has 110 valence electrons. The van der Waals surface area contributed by atoms with Crippen LogP contribution < -0.4 is 0 Å². The normalized spacial score (nSPS) is 28.9. The summed E-state index contributed by atoms with van der Waals surface area (Å²) in [5.41, 5.74) is 4.02. The van der Waals surface area contributed by atoms with Gasteiger partial charge >= 0.3 is 0 Å². The second-order valence-corrected chi connectivity index (χ2v) is 7.92. The topological polar surface area (TPSA) is 34.9 Å². The molecule has 0 spiro atoms. The maximum Gasteiger partial charge on any atom is 0.0956 e. The number of hydrogen-bond donors (Lipinski definition) is 0. The third-order valence-electron chi connectivity index (χ3n) is 5.16. The van der Waals surface area contributed by atoms with E-state index in [2.05, 4.69) is 33.8 Å². The first kappa shape index (κ1) is 13.3. The highest BCUT2D eigenvalue weighted by Crippen LogP contribution is 2.47. The van der Waals surface area contributed by atoms with Gasteiger partial charge in [0.15, 0.2) is 0 Å². The lowest BCUT2D eigenvalue weighted by Crippen LogP contribution is -2.27. The van der Waals surface area contributed by atoms with E-state index in [0.717, 1.165) is 12.8 Å². The highest BCUT2D eigenvalue weighted by atomic mass is 32.2. The summed E-state index contributed by atoms with van der Waals surface area (Å²) in [6, 6.07) is 9.13. The van der Waals surface area contributed by atoms with E-state index in [4.69, 9.17) is 0 Å². The van der Waals surface area contributed by atoms with Crippen LogP contribution in [0.3, 0.4) is 0 Å². The largest absolute Gasteiger partial charge is 0.323 e. The van der Waals surface area contributed by atoms with Crippen molar-refractivity contribution in [1.82, 2.24) is 9.55 Å². The fraction of sp³-hybridized carbons (Fsp3) is 0.471. The van der Waals surface area contributed by atoms with E-state index >= 15 is 0 Å². The summed E-state index contributed by atoms with van der Waals surface area (Å²) in [6.45, 7) is 0. The van der Waals surface area contributed by atoms with Crippen LogP contribution in [0.15, 0.2) is 36.8 Å². The number of hydrogen-bond acceptors (Lipinski definition) is 2. The predicted molar refractivity (Wildman–Crippen MR) is 85.6 cm³/mol. The van der Waals surface area contributed by atoms with Crippen LogP contribution in [0.25, 0.3) is 11.3 Å². The lowest BCUT2D eigenvalue weighted by Gasteiger charge is -2.32. The molecule has 1 saturated carbocycles. The number of nitrogens with zero attached hydrogens (tertiary/aromatic N) is 2. The summed E-state index contributed by atoms with van der Waals surface area (Å²) in [5.74, 6) is 0.640. The fourth-order valence-corrected chi connectivity index (χ4v) is 5.03. The van der Waals surface area contributed by atoms with Gasteiger partial charge in [0.05, 0.1) is 24.3 Å². The van der Waals surface area contributed by atoms with E-state index < -0.39 is 10.8 Å². The number of imidazole rings is 1. The van der Waals surface area contributed by atoms with Crippen molar-refractivity contribution in [1.29, 1.82) is 0 Å². The number of rotatable bonds is 2. The summed E-state index contributed by atoms with van der Waals surface area (Å²) in [5, 5.41) is 0.403. The van der Waals surface area contributed by atoms with Gasteiger partial charge in [0.2, 0.25) is 0 Å². The smallest absolute Gasteiger partial charge is 0.0956 e. The van der Waals surface area contributed by atoms with E-state index in [-0.39, 0.29) is 0 Å². The standard InChI is InChI=1S/C17H20N2OS/c1-21(20)13-8-6-12(7-9-13)17-15-5-3-2-4-14(15)16-10-18-11-19(16)17/h2-5,10-13,17H,6-9H2,1H3. The first-order chi connectivity index (χ1) is 10.3. The Bertz CT molecular complexity index is 686. The van der Waals surface area contributed by atoms with E-state index in [1.165, 1.54) is 29.7 Å². The number of benzene rings is 1. The van der Waals surface area contributed by atoms with Crippen LogP contribution in [0.5, 0.6) is 0 Å². The van der Waals surface area contributed by atoms with Crippen molar-refractivity contribution < 1.29 is 4.21 Å². The fourth-order valence-electron chi connectivity index (χ4n) is 4.09. The van der Waals surface area contributed by atoms with Crippen LogP contribution in [0.4, 0.5) is 0 Å². The molecule has 2 heterocycles. The lowest BCUT2D eigenvalue weighted by atomic mass is 9.81. The molecule has 1 fully saturated rings. The van der Waals surface area contributed by atoms with Crippen molar-refractivity contribution in [3.63, 3.8) is 0 Å². The van der Waals surface area contributed by atoms with Gasteiger partial charge in [0.25, 0.3) is 0 Å². The minimum atomic E-state index is -0.670. The van der Waals surface area contributed by atoms with Crippen molar-refractivity contribution in [2.45, 2.75) is 37.0 Å². The second-order valence-electron chi connectivity index (χ2n) is 6.25. The molecule has 3 nitrogen and oxygen atoms in total. The molecule has 4 rings (SSSR count). The Hall–Kier alpha value is -1.42. The molecule has 1 aliphatic heterocycles. The molecule has 2 atom stereocenters. The van der Waals surface area contributed by atoms with Crippen LogP contribution in [-0.4, -0.2) is 25.3 Å². The molecule has 2 unspecified atom stereocenters. The predicted octanol–water partition coefficient (Wildman–Crippen LogP) is 3.39. The van der Waals surface area contributed by atoms with Gasteiger partial charge in [-0.2, -0.15) is 0 Å². The number of fused-ring (bicyclic) bond motifs is 3. The molecule has 1 aliphatic carbocycles. The zero-order valence-corrected chi connectivity index (χ0v) is 13.1. The first-order valence-corrected chi connectivity index (χ1v) is 9.31. The molecule has 2 aromatic rings. The summed E-state index contributed by atoms with van der Waals surface area (Å²) in [4.78, 5) is 4.35. The monoisotopic (exact) mass is 300 g/mol. The highest BCUT2D eigenvalue weighted by molar-refractivity contribution is 7.84. The zero-order valence-electron chi connectivity index (χ0n) is 12.2. The third kappa shape index (κ3) is 2.08. The average Bonchev–Trinajstić information content (AvgIpc) is 3.07. The van der Waals surface area contributed by atoms with Gasteiger partial charge in [0.1, 0.15) is 0 Å². The Morgan fingerprint density at radius 2 is 1.95 bits per heavy atom. The Morgan fingerprint density at radius 3 is 2.71 bits per heavy atom. The van der Waals surface area contributed by atoms with E-state index in [1.54, 1.807) is 0 Å². The van der Waals surface area contributed by atoms with Gasteiger partial charge in [-0.3, -0.25) is 4.21 Å². The minimum Gasteiger partial charge on any atom is -0.323 e. The summed E-state index contributed by atoms with van der Waals surface area (Å²) < 4.78 is 14.0. The maximum absolute atomic E-state index is 11.7. The molecule has 0 radical (unpaired) electrons. The molecular formula is C17H20N2OS. The zero-order chi connectivity index (χ0) is 14.4. The Labute approximate surface area is 127 Å². The van der Waals surface area contributed by atoms with Gasteiger partial charge in [0, 0.05) is 27.9 Å². The van der Waals surface area contributed by atoms with Crippen molar-refractivity contribution >= 4 is 10.8 Å².